The van der Waals surface area contributed by atoms with Crippen molar-refractivity contribution in [2.45, 2.75) is 18.9 Å². The van der Waals surface area contributed by atoms with Crippen LogP contribution in [-0.2, 0) is 0 Å². The molecule has 2 N–H and O–H groups in total. The van der Waals surface area contributed by atoms with E-state index in [1.165, 1.54) is 12.3 Å². The van der Waals surface area contributed by atoms with Crippen LogP contribution in [0.5, 0.6) is 0 Å². The molecule has 5 heteroatoms. The minimum Gasteiger partial charge on any atom is -0.338 e. The number of likely N-dealkylation sites (tertiary alicyclic amines) is 1. The molecule has 16 heavy (non-hydrogen) atoms. The first kappa shape index (κ1) is 11.0. The van der Waals surface area contributed by atoms with Gasteiger partial charge in [-0.25, -0.2) is 4.39 Å². The Labute approximate surface area is 93.3 Å². The van der Waals surface area contributed by atoms with Gasteiger partial charge in [0.15, 0.2) is 0 Å². The number of piperidine rings is 1. The molecule has 0 atom stereocenters. The third-order valence-corrected chi connectivity index (χ3v) is 2.78. The molecule has 4 nitrogen and oxygen atoms in total. The molecule has 0 saturated carbocycles. The topological polar surface area (TPSA) is 59.2 Å². The van der Waals surface area contributed by atoms with Crippen molar-refractivity contribution < 1.29 is 9.18 Å². The number of hydrogen-bond donors (Lipinski definition) is 1. The molecule has 2 heterocycles. The van der Waals surface area contributed by atoms with Gasteiger partial charge >= 0.3 is 0 Å². The van der Waals surface area contributed by atoms with E-state index in [1.807, 2.05) is 0 Å². The van der Waals surface area contributed by atoms with E-state index in [4.69, 9.17) is 5.73 Å². The molecule has 2 rings (SSSR count). The molecule has 0 spiro atoms. The highest BCUT2D eigenvalue weighted by Gasteiger charge is 2.21. The number of rotatable bonds is 1. The smallest absolute Gasteiger partial charge is 0.255 e. The molecule has 1 aliphatic heterocycles. The van der Waals surface area contributed by atoms with E-state index in [0.29, 0.717) is 18.7 Å². The Morgan fingerprint density at radius 2 is 2.12 bits per heavy atom. The van der Waals surface area contributed by atoms with Crippen molar-refractivity contribution >= 4 is 5.91 Å². The van der Waals surface area contributed by atoms with E-state index < -0.39 is 5.82 Å². The molecule has 0 unspecified atom stereocenters. The van der Waals surface area contributed by atoms with Crippen LogP contribution in [0.15, 0.2) is 18.5 Å². The number of hydrogen-bond acceptors (Lipinski definition) is 3. The van der Waals surface area contributed by atoms with Crippen LogP contribution in [0.1, 0.15) is 23.2 Å². The van der Waals surface area contributed by atoms with Crippen LogP contribution in [0.2, 0.25) is 0 Å². The number of carbonyl (C=O) groups is 1. The predicted octanol–water partition coefficient (Wildman–Crippen LogP) is 0.784. The van der Waals surface area contributed by atoms with E-state index in [1.54, 1.807) is 4.90 Å². The highest BCUT2D eigenvalue weighted by atomic mass is 19.1. The number of aromatic nitrogens is 1. The predicted molar refractivity (Wildman–Crippen MR) is 57.3 cm³/mol. The fraction of sp³-hybridized carbons (Fsp3) is 0.455. The summed E-state index contributed by atoms with van der Waals surface area (Å²) in [5.74, 6) is -0.654. The summed E-state index contributed by atoms with van der Waals surface area (Å²) in [6.07, 6.45) is 4.08. The molecule has 1 aromatic heterocycles. The van der Waals surface area contributed by atoms with Crippen LogP contribution in [0, 0.1) is 5.82 Å². The van der Waals surface area contributed by atoms with E-state index in [0.717, 1.165) is 19.0 Å². The Hall–Kier alpha value is -1.49. The Morgan fingerprint density at radius 1 is 1.44 bits per heavy atom. The summed E-state index contributed by atoms with van der Waals surface area (Å²) in [4.78, 5) is 17.3. The molecule has 0 aromatic carbocycles. The van der Waals surface area contributed by atoms with Crippen LogP contribution >= 0.6 is 0 Å². The van der Waals surface area contributed by atoms with Crippen molar-refractivity contribution in [1.29, 1.82) is 0 Å². The van der Waals surface area contributed by atoms with Crippen LogP contribution in [0.4, 0.5) is 4.39 Å². The first-order valence-corrected chi connectivity index (χ1v) is 5.32. The number of nitrogens with two attached hydrogens (primary N) is 1. The minimum absolute atomic E-state index is 0.168. The lowest BCUT2D eigenvalue weighted by Gasteiger charge is -2.30. The maximum Gasteiger partial charge on any atom is 0.255 e. The van der Waals surface area contributed by atoms with Crippen LogP contribution in [-0.4, -0.2) is 34.9 Å². The highest BCUT2D eigenvalue weighted by Crippen LogP contribution is 2.12. The molecular formula is C11H14FN3O. The molecule has 0 aliphatic carbocycles. The average Bonchev–Trinajstić information content (AvgIpc) is 2.29. The normalized spacial score (nSPS) is 17.5. The summed E-state index contributed by atoms with van der Waals surface area (Å²) in [6.45, 7) is 1.27. The monoisotopic (exact) mass is 223 g/mol. The molecule has 86 valence electrons. The molecule has 1 amide bonds. The summed E-state index contributed by atoms with van der Waals surface area (Å²) in [5.41, 5.74) is 6.05. The summed E-state index contributed by atoms with van der Waals surface area (Å²) in [7, 11) is 0. The third kappa shape index (κ3) is 2.36. The zero-order chi connectivity index (χ0) is 11.5. The van der Waals surface area contributed by atoms with Gasteiger partial charge in [0, 0.05) is 25.3 Å². The zero-order valence-corrected chi connectivity index (χ0v) is 8.90. The lowest BCUT2D eigenvalue weighted by atomic mass is 10.1. The van der Waals surface area contributed by atoms with Crippen molar-refractivity contribution in [1.82, 2.24) is 9.88 Å². The lowest BCUT2D eigenvalue weighted by molar-refractivity contribution is 0.0714. The van der Waals surface area contributed by atoms with E-state index in [9.17, 15) is 9.18 Å². The number of nitrogens with zero attached hydrogens (tertiary/aromatic N) is 2. The molecule has 1 fully saturated rings. The SMILES string of the molecule is NC1CCN(C(=O)c2cncc(F)c2)CC1. The lowest BCUT2D eigenvalue weighted by Crippen LogP contribution is -2.42. The second-order valence-electron chi connectivity index (χ2n) is 4.02. The van der Waals surface area contributed by atoms with Gasteiger partial charge in [0.25, 0.3) is 5.91 Å². The van der Waals surface area contributed by atoms with Crippen molar-refractivity contribution in [2.24, 2.45) is 5.73 Å². The van der Waals surface area contributed by atoms with Gasteiger partial charge < -0.3 is 10.6 Å². The molecule has 1 saturated heterocycles. The van der Waals surface area contributed by atoms with Crippen LogP contribution < -0.4 is 5.73 Å². The van der Waals surface area contributed by atoms with Gasteiger partial charge in [-0.05, 0) is 18.9 Å². The molecule has 1 aliphatic rings. The second kappa shape index (κ2) is 4.57. The quantitative estimate of drug-likeness (QED) is 0.765. The first-order chi connectivity index (χ1) is 7.66. The molecule has 0 radical (unpaired) electrons. The standard InChI is InChI=1S/C11H14FN3O/c12-9-5-8(6-14-7-9)11(16)15-3-1-10(13)2-4-15/h5-7,10H,1-4,13H2. The van der Waals surface area contributed by atoms with Crippen LogP contribution in [0.3, 0.4) is 0 Å². The fourth-order valence-corrected chi connectivity index (χ4v) is 1.81. The number of halogens is 1. The summed E-state index contributed by atoms with van der Waals surface area (Å²) in [6, 6.07) is 1.39. The zero-order valence-electron chi connectivity index (χ0n) is 8.90. The van der Waals surface area contributed by atoms with Gasteiger partial charge in [-0.2, -0.15) is 0 Å². The van der Waals surface area contributed by atoms with E-state index >= 15 is 0 Å². The number of carbonyl (C=O) groups excluding carboxylic acids is 1. The number of pyridine rings is 1. The van der Waals surface area contributed by atoms with Gasteiger partial charge in [-0.3, -0.25) is 9.78 Å². The van der Waals surface area contributed by atoms with Gasteiger partial charge in [-0.1, -0.05) is 0 Å². The molecule has 0 bridgehead atoms. The first-order valence-electron chi connectivity index (χ1n) is 5.32. The Balaban J connectivity index is 2.08. The second-order valence-corrected chi connectivity index (χ2v) is 4.02. The van der Waals surface area contributed by atoms with Crippen molar-refractivity contribution in [3.63, 3.8) is 0 Å². The maximum absolute atomic E-state index is 12.9. The summed E-state index contributed by atoms with van der Waals surface area (Å²) in [5, 5.41) is 0. The summed E-state index contributed by atoms with van der Waals surface area (Å²) >= 11 is 0. The van der Waals surface area contributed by atoms with Crippen molar-refractivity contribution in [2.75, 3.05) is 13.1 Å². The maximum atomic E-state index is 12.9. The average molecular weight is 223 g/mol. The Bertz CT molecular complexity index is 389. The minimum atomic E-state index is -0.487. The van der Waals surface area contributed by atoms with E-state index in [2.05, 4.69) is 4.98 Å². The van der Waals surface area contributed by atoms with Crippen molar-refractivity contribution in [3.05, 3.63) is 29.8 Å². The van der Waals surface area contributed by atoms with Gasteiger partial charge in [0.1, 0.15) is 5.82 Å². The molecular weight excluding hydrogens is 209 g/mol. The van der Waals surface area contributed by atoms with Gasteiger partial charge in [-0.15, -0.1) is 0 Å². The number of amides is 1. The van der Waals surface area contributed by atoms with Crippen LogP contribution in [0.25, 0.3) is 0 Å². The van der Waals surface area contributed by atoms with Gasteiger partial charge in [0.2, 0.25) is 0 Å². The van der Waals surface area contributed by atoms with Gasteiger partial charge in [0.05, 0.1) is 11.8 Å². The van der Waals surface area contributed by atoms with Crippen molar-refractivity contribution in [3.8, 4) is 0 Å². The van der Waals surface area contributed by atoms with E-state index in [-0.39, 0.29) is 11.9 Å². The fourth-order valence-electron chi connectivity index (χ4n) is 1.81. The summed E-state index contributed by atoms with van der Waals surface area (Å²) < 4.78 is 12.9. The largest absolute Gasteiger partial charge is 0.338 e. The molecule has 1 aromatic rings. The Morgan fingerprint density at radius 3 is 2.75 bits per heavy atom. The third-order valence-electron chi connectivity index (χ3n) is 2.78. The highest BCUT2D eigenvalue weighted by molar-refractivity contribution is 5.93. The Kier molecular flexibility index (Phi) is 3.14.